The molecule has 0 aliphatic carbocycles. The standard InChI is InChI=1S/C13H13ClN2S2/c14-10-3-1-4-11(9-10)16-13(17)15-7-6-12-5-2-8-18-12/h1-5,8-9H,6-7H2,(H2,15,16,17). The van der Waals surface area contributed by atoms with E-state index in [2.05, 4.69) is 28.1 Å². The Bertz CT molecular complexity index is 511. The maximum Gasteiger partial charge on any atom is 0.170 e. The fourth-order valence-electron chi connectivity index (χ4n) is 1.50. The van der Waals surface area contributed by atoms with Gasteiger partial charge < -0.3 is 10.6 Å². The van der Waals surface area contributed by atoms with Gasteiger partial charge in [0.2, 0.25) is 0 Å². The Morgan fingerprint density at radius 2 is 2.17 bits per heavy atom. The van der Waals surface area contributed by atoms with E-state index in [1.807, 2.05) is 24.3 Å². The molecule has 2 aromatic rings. The molecule has 0 saturated heterocycles. The zero-order valence-corrected chi connectivity index (χ0v) is 12.0. The first-order chi connectivity index (χ1) is 8.74. The van der Waals surface area contributed by atoms with Gasteiger partial charge in [0.05, 0.1) is 0 Å². The Kier molecular flexibility index (Phi) is 4.99. The largest absolute Gasteiger partial charge is 0.362 e. The molecule has 1 heterocycles. The van der Waals surface area contributed by atoms with Gasteiger partial charge in [-0.2, -0.15) is 0 Å². The summed E-state index contributed by atoms with van der Waals surface area (Å²) in [5.74, 6) is 0. The second-order valence-corrected chi connectivity index (χ2v) is 5.60. The van der Waals surface area contributed by atoms with Gasteiger partial charge in [-0.3, -0.25) is 0 Å². The van der Waals surface area contributed by atoms with Gasteiger partial charge in [0, 0.05) is 22.1 Å². The van der Waals surface area contributed by atoms with E-state index < -0.39 is 0 Å². The Hall–Kier alpha value is -1.10. The van der Waals surface area contributed by atoms with Crippen molar-refractivity contribution in [3.8, 4) is 0 Å². The van der Waals surface area contributed by atoms with Crippen LogP contribution in [0.3, 0.4) is 0 Å². The molecular weight excluding hydrogens is 284 g/mol. The summed E-state index contributed by atoms with van der Waals surface area (Å²) in [5, 5.41) is 9.67. The Balaban J connectivity index is 1.75. The number of nitrogens with one attached hydrogen (secondary N) is 2. The fourth-order valence-corrected chi connectivity index (χ4v) is 2.61. The van der Waals surface area contributed by atoms with E-state index in [4.69, 9.17) is 23.8 Å². The highest BCUT2D eigenvalue weighted by Crippen LogP contribution is 2.14. The van der Waals surface area contributed by atoms with Crippen LogP contribution in [-0.4, -0.2) is 11.7 Å². The van der Waals surface area contributed by atoms with Crippen LogP contribution in [0.1, 0.15) is 4.88 Å². The molecule has 0 fully saturated rings. The summed E-state index contributed by atoms with van der Waals surface area (Å²) >= 11 is 12.9. The van der Waals surface area contributed by atoms with Crippen LogP contribution in [0.4, 0.5) is 5.69 Å². The van der Waals surface area contributed by atoms with Gasteiger partial charge in [0.15, 0.2) is 5.11 Å². The van der Waals surface area contributed by atoms with Crippen molar-refractivity contribution >= 4 is 46.0 Å². The molecule has 0 bridgehead atoms. The quantitative estimate of drug-likeness (QED) is 0.836. The molecule has 0 radical (unpaired) electrons. The average molecular weight is 297 g/mol. The van der Waals surface area contributed by atoms with Gasteiger partial charge in [0.1, 0.15) is 0 Å². The number of hydrogen-bond donors (Lipinski definition) is 2. The first kappa shape index (κ1) is 13.3. The van der Waals surface area contributed by atoms with E-state index in [1.165, 1.54) is 4.88 Å². The number of thiophene rings is 1. The van der Waals surface area contributed by atoms with Crippen molar-refractivity contribution in [1.29, 1.82) is 0 Å². The van der Waals surface area contributed by atoms with Crippen LogP contribution < -0.4 is 10.6 Å². The molecule has 18 heavy (non-hydrogen) atoms. The molecule has 2 rings (SSSR count). The maximum absolute atomic E-state index is 5.90. The first-order valence-electron chi connectivity index (χ1n) is 5.57. The van der Waals surface area contributed by atoms with Crippen molar-refractivity contribution in [2.24, 2.45) is 0 Å². The second kappa shape index (κ2) is 6.73. The van der Waals surface area contributed by atoms with Crippen LogP contribution in [-0.2, 0) is 6.42 Å². The van der Waals surface area contributed by atoms with Crippen LogP contribution in [0.15, 0.2) is 41.8 Å². The van der Waals surface area contributed by atoms with Gasteiger partial charge in [-0.25, -0.2) is 0 Å². The average Bonchev–Trinajstić information content (AvgIpc) is 2.82. The molecular formula is C13H13ClN2S2. The second-order valence-electron chi connectivity index (χ2n) is 3.72. The van der Waals surface area contributed by atoms with Crippen LogP contribution in [0, 0.1) is 0 Å². The lowest BCUT2D eigenvalue weighted by Crippen LogP contribution is -2.30. The van der Waals surface area contributed by atoms with Gasteiger partial charge in [0.25, 0.3) is 0 Å². The maximum atomic E-state index is 5.90. The predicted octanol–water partition coefficient (Wildman–Crippen LogP) is 3.93. The highest BCUT2D eigenvalue weighted by molar-refractivity contribution is 7.80. The molecule has 2 N–H and O–H groups in total. The lowest BCUT2D eigenvalue weighted by Gasteiger charge is -2.10. The summed E-state index contributed by atoms with van der Waals surface area (Å²) in [6.45, 7) is 0.826. The Labute approximate surface area is 121 Å². The van der Waals surface area contributed by atoms with E-state index in [9.17, 15) is 0 Å². The van der Waals surface area contributed by atoms with Gasteiger partial charge >= 0.3 is 0 Å². The van der Waals surface area contributed by atoms with E-state index in [0.717, 1.165) is 18.7 Å². The molecule has 0 aliphatic heterocycles. The first-order valence-corrected chi connectivity index (χ1v) is 7.23. The lowest BCUT2D eigenvalue weighted by atomic mass is 10.3. The number of rotatable bonds is 4. The summed E-state index contributed by atoms with van der Waals surface area (Å²) in [5.41, 5.74) is 0.899. The molecule has 0 amide bonds. The van der Waals surface area contributed by atoms with Crippen molar-refractivity contribution in [3.63, 3.8) is 0 Å². The van der Waals surface area contributed by atoms with Crippen molar-refractivity contribution in [3.05, 3.63) is 51.7 Å². The summed E-state index contributed by atoms with van der Waals surface area (Å²) in [7, 11) is 0. The molecule has 0 atom stereocenters. The summed E-state index contributed by atoms with van der Waals surface area (Å²) < 4.78 is 0. The van der Waals surface area contributed by atoms with E-state index in [1.54, 1.807) is 11.3 Å². The van der Waals surface area contributed by atoms with Crippen molar-refractivity contribution < 1.29 is 0 Å². The number of anilines is 1. The van der Waals surface area contributed by atoms with Crippen LogP contribution in [0.5, 0.6) is 0 Å². The molecule has 0 saturated carbocycles. The normalized spacial score (nSPS) is 10.1. The SMILES string of the molecule is S=C(NCCc1cccs1)Nc1cccc(Cl)c1. The summed E-state index contributed by atoms with van der Waals surface area (Å²) in [4.78, 5) is 1.35. The Morgan fingerprint density at radius 1 is 1.28 bits per heavy atom. The third-order valence-corrected chi connectivity index (χ3v) is 3.74. The smallest absolute Gasteiger partial charge is 0.170 e. The third kappa shape index (κ3) is 4.29. The van der Waals surface area contributed by atoms with Crippen LogP contribution in [0.25, 0.3) is 0 Å². The van der Waals surface area contributed by atoms with Crippen molar-refractivity contribution in [2.45, 2.75) is 6.42 Å². The molecule has 2 nitrogen and oxygen atoms in total. The van der Waals surface area contributed by atoms with Crippen molar-refractivity contribution in [1.82, 2.24) is 5.32 Å². The fraction of sp³-hybridized carbons (Fsp3) is 0.154. The van der Waals surface area contributed by atoms with Gasteiger partial charge in [-0.1, -0.05) is 23.7 Å². The summed E-state index contributed by atoms with van der Waals surface area (Å²) in [6.07, 6.45) is 0.981. The summed E-state index contributed by atoms with van der Waals surface area (Å²) in [6, 6.07) is 11.7. The van der Waals surface area contributed by atoms with Crippen LogP contribution >= 0.6 is 35.2 Å². The van der Waals surface area contributed by atoms with Crippen molar-refractivity contribution in [2.75, 3.05) is 11.9 Å². The van der Waals surface area contributed by atoms with E-state index in [-0.39, 0.29) is 0 Å². The lowest BCUT2D eigenvalue weighted by molar-refractivity contribution is 0.885. The van der Waals surface area contributed by atoms with Crippen LogP contribution in [0.2, 0.25) is 5.02 Å². The number of benzene rings is 1. The molecule has 0 aliphatic rings. The predicted molar refractivity (Wildman–Crippen MR) is 83.7 cm³/mol. The highest BCUT2D eigenvalue weighted by Gasteiger charge is 1.99. The molecule has 1 aromatic heterocycles. The highest BCUT2D eigenvalue weighted by atomic mass is 35.5. The minimum atomic E-state index is 0.619. The Morgan fingerprint density at radius 3 is 2.89 bits per heavy atom. The minimum Gasteiger partial charge on any atom is -0.362 e. The molecule has 5 heteroatoms. The monoisotopic (exact) mass is 296 g/mol. The topological polar surface area (TPSA) is 24.1 Å². The molecule has 0 unspecified atom stereocenters. The van der Waals surface area contributed by atoms with Gasteiger partial charge in [-0.05, 0) is 48.3 Å². The number of thiocarbonyl (C=S) groups is 1. The number of hydrogen-bond acceptors (Lipinski definition) is 2. The molecule has 1 aromatic carbocycles. The zero-order valence-electron chi connectivity index (χ0n) is 9.65. The minimum absolute atomic E-state index is 0.619. The van der Waals surface area contributed by atoms with E-state index in [0.29, 0.717) is 10.1 Å². The van der Waals surface area contributed by atoms with E-state index >= 15 is 0 Å². The molecule has 0 spiro atoms. The van der Waals surface area contributed by atoms with Gasteiger partial charge in [-0.15, -0.1) is 11.3 Å². The number of halogens is 1. The third-order valence-electron chi connectivity index (χ3n) is 2.32. The zero-order chi connectivity index (χ0) is 12.8. The molecule has 94 valence electrons.